The van der Waals surface area contributed by atoms with Crippen molar-refractivity contribution in [2.24, 2.45) is 27.7 Å². The Labute approximate surface area is 215 Å². The van der Waals surface area contributed by atoms with Gasteiger partial charge >= 0.3 is 0 Å². The Hall–Kier alpha value is -0.0800. The SMILES string of the molecule is CCCCCCCCCCC(C)(C1(CCCCN)CCCCC1)C1(CCCCN)CCCCC1. The minimum atomic E-state index is 0.492. The van der Waals surface area contributed by atoms with Gasteiger partial charge in [-0.3, -0.25) is 0 Å². The van der Waals surface area contributed by atoms with Gasteiger partial charge in [-0.25, -0.2) is 0 Å². The summed E-state index contributed by atoms with van der Waals surface area (Å²) in [5.41, 5.74) is 13.6. The minimum absolute atomic E-state index is 0.492. The lowest BCUT2D eigenvalue weighted by Crippen LogP contribution is -2.54. The second-order valence-electron chi connectivity index (χ2n) is 12.7. The quantitative estimate of drug-likeness (QED) is 0.182. The summed E-state index contributed by atoms with van der Waals surface area (Å²) in [4.78, 5) is 0. The Bertz CT molecular complexity index is 455. The second-order valence-corrected chi connectivity index (χ2v) is 12.7. The number of rotatable bonds is 19. The summed E-state index contributed by atoms with van der Waals surface area (Å²) >= 11 is 0. The van der Waals surface area contributed by atoms with Crippen LogP contribution in [-0.4, -0.2) is 13.1 Å². The highest BCUT2D eigenvalue weighted by atomic mass is 14.6. The van der Waals surface area contributed by atoms with Gasteiger partial charge in [-0.05, 0) is 87.1 Å². The average molecular weight is 477 g/mol. The molecule has 0 aromatic carbocycles. The first-order chi connectivity index (χ1) is 16.6. The molecule has 0 spiro atoms. The zero-order valence-corrected chi connectivity index (χ0v) is 23.7. The number of nitrogens with two attached hydrogens (primary N) is 2. The summed E-state index contributed by atoms with van der Waals surface area (Å²) in [5.74, 6) is 0. The summed E-state index contributed by atoms with van der Waals surface area (Å²) < 4.78 is 0. The zero-order chi connectivity index (χ0) is 24.6. The maximum Gasteiger partial charge on any atom is -0.00773 e. The molecule has 2 rings (SSSR count). The van der Waals surface area contributed by atoms with E-state index in [1.807, 2.05) is 0 Å². The fourth-order valence-corrected chi connectivity index (χ4v) is 8.53. The molecule has 2 aliphatic rings. The summed E-state index contributed by atoms with van der Waals surface area (Å²) in [6.45, 7) is 6.89. The standard InChI is InChI=1S/C32H64N2/c1-3-4-5-6-7-8-9-12-21-30(2,31(26-17-19-28-33)22-13-10-14-23-31)32(27-18-20-29-34)24-15-11-16-25-32/h3-29,33-34H2,1-2H3. The molecule has 0 aliphatic heterocycles. The van der Waals surface area contributed by atoms with Gasteiger partial charge in [0, 0.05) is 0 Å². The van der Waals surface area contributed by atoms with Gasteiger partial charge in [-0.2, -0.15) is 0 Å². The molecule has 0 heterocycles. The van der Waals surface area contributed by atoms with Crippen LogP contribution in [0.25, 0.3) is 0 Å². The van der Waals surface area contributed by atoms with Crippen LogP contribution < -0.4 is 11.5 Å². The molecule has 2 fully saturated rings. The molecule has 2 nitrogen and oxygen atoms in total. The van der Waals surface area contributed by atoms with Gasteiger partial charge < -0.3 is 11.5 Å². The van der Waals surface area contributed by atoms with E-state index in [0.29, 0.717) is 16.2 Å². The van der Waals surface area contributed by atoms with Crippen molar-refractivity contribution < 1.29 is 0 Å². The van der Waals surface area contributed by atoms with E-state index in [9.17, 15) is 0 Å². The third-order valence-corrected chi connectivity index (χ3v) is 10.7. The average Bonchev–Trinajstić information content (AvgIpc) is 2.87. The normalized spacial score (nSPS) is 20.5. The van der Waals surface area contributed by atoms with Crippen molar-refractivity contribution in [1.82, 2.24) is 0 Å². The highest BCUT2D eigenvalue weighted by molar-refractivity contribution is 5.07. The van der Waals surface area contributed by atoms with Gasteiger partial charge in [0.1, 0.15) is 0 Å². The van der Waals surface area contributed by atoms with Crippen LogP contribution in [0.15, 0.2) is 0 Å². The molecule has 0 saturated heterocycles. The minimum Gasteiger partial charge on any atom is -0.330 e. The first-order valence-electron chi connectivity index (χ1n) is 16.0. The molecule has 0 radical (unpaired) electrons. The van der Waals surface area contributed by atoms with Crippen LogP contribution >= 0.6 is 0 Å². The van der Waals surface area contributed by atoms with Gasteiger partial charge in [0.2, 0.25) is 0 Å². The van der Waals surface area contributed by atoms with Crippen LogP contribution in [0, 0.1) is 16.2 Å². The maximum absolute atomic E-state index is 5.99. The van der Waals surface area contributed by atoms with E-state index in [1.165, 1.54) is 161 Å². The van der Waals surface area contributed by atoms with Crippen molar-refractivity contribution in [1.29, 1.82) is 0 Å². The fourth-order valence-electron chi connectivity index (χ4n) is 8.53. The van der Waals surface area contributed by atoms with Crippen LogP contribution in [0.1, 0.15) is 174 Å². The maximum atomic E-state index is 5.99. The fraction of sp³-hybridized carbons (Fsp3) is 1.00. The number of unbranched alkanes of at least 4 members (excludes halogenated alkanes) is 9. The van der Waals surface area contributed by atoms with E-state index in [-0.39, 0.29) is 0 Å². The molecule has 0 aromatic rings. The Morgan fingerprint density at radius 3 is 1.35 bits per heavy atom. The molecule has 4 N–H and O–H groups in total. The van der Waals surface area contributed by atoms with Crippen LogP contribution in [0.3, 0.4) is 0 Å². The Morgan fingerprint density at radius 1 is 0.529 bits per heavy atom. The van der Waals surface area contributed by atoms with Crippen molar-refractivity contribution in [3.05, 3.63) is 0 Å². The number of hydrogen-bond acceptors (Lipinski definition) is 2. The molecule has 0 bridgehead atoms. The Kier molecular flexibility index (Phi) is 14.7. The smallest absolute Gasteiger partial charge is 0.00773 e. The van der Waals surface area contributed by atoms with Gasteiger partial charge in [0.15, 0.2) is 0 Å². The van der Waals surface area contributed by atoms with Crippen LogP contribution in [0.5, 0.6) is 0 Å². The van der Waals surface area contributed by atoms with E-state index in [2.05, 4.69) is 13.8 Å². The van der Waals surface area contributed by atoms with E-state index >= 15 is 0 Å². The van der Waals surface area contributed by atoms with Gasteiger partial charge in [0.05, 0.1) is 0 Å². The van der Waals surface area contributed by atoms with Gasteiger partial charge in [-0.1, -0.05) is 117 Å². The largest absolute Gasteiger partial charge is 0.330 e. The predicted octanol–water partition coefficient (Wildman–Crippen LogP) is 9.68. The molecule has 0 aromatic heterocycles. The monoisotopic (exact) mass is 477 g/mol. The van der Waals surface area contributed by atoms with Crippen LogP contribution in [-0.2, 0) is 0 Å². The molecule has 0 amide bonds. The highest BCUT2D eigenvalue weighted by Gasteiger charge is 2.58. The first-order valence-corrected chi connectivity index (χ1v) is 16.0. The molecule has 2 saturated carbocycles. The highest BCUT2D eigenvalue weighted by Crippen LogP contribution is 2.67. The molecule has 0 unspecified atom stereocenters. The number of hydrogen-bond donors (Lipinski definition) is 2. The van der Waals surface area contributed by atoms with Crippen molar-refractivity contribution in [2.75, 3.05) is 13.1 Å². The lowest BCUT2D eigenvalue weighted by atomic mass is 9.42. The molecule has 2 heteroatoms. The summed E-state index contributed by atoms with van der Waals surface area (Å²) in [6, 6.07) is 0. The van der Waals surface area contributed by atoms with E-state index in [0.717, 1.165) is 13.1 Å². The molecule has 2 aliphatic carbocycles. The third kappa shape index (κ3) is 8.22. The van der Waals surface area contributed by atoms with E-state index in [1.54, 1.807) is 0 Å². The predicted molar refractivity (Wildman–Crippen MR) is 152 cm³/mol. The summed E-state index contributed by atoms with van der Waals surface area (Å²) in [5, 5.41) is 0. The van der Waals surface area contributed by atoms with E-state index in [4.69, 9.17) is 11.5 Å². The molecule has 0 atom stereocenters. The molecule has 202 valence electrons. The van der Waals surface area contributed by atoms with Gasteiger partial charge in [-0.15, -0.1) is 0 Å². The van der Waals surface area contributed by atoms with Gasteiger partial charge in [0.25, 0.3) is 0 Å². The molecule has 34 heavy (non-hydrogen) atoms. The van der Waals surface area contributed by atoms with Crippen molar-refractivity contribution in [2.45, 2.75) is 174 Å². The van der Waals surface area contributed by atoms with Crippen molar-refractivity contribution in [3.8, 4) is 0 Å². The van der Waals surface area contributed by atoms with Crippen molar-refractivity contribution >= 4 is 0 Å². The Balaban J connectivity index is 2.22. The van der Waals surface area contributed by atoms with Crippen LogP contribution in [0.2, 0.25) is 0 Å². The molecular formula is C32H64N2. The Morgan fingerprint density at radius 2 is 0.941 bits per heavy atom. The third-order valence-electron chi connectivity index (χ3n) is 10.7. The lowest BCUT2D eigenvalue weighted by Gasteiger charge is -2.63. The summed E-state index contributed by atoms with van der Waals surface area (Å²) in [6.07, 6.45) is 35.8. The topological polar surface area (TPSA) is 52.0 Å². The second kappa shape index (κ2) is 16.6. The summed E-state index contributed by atoms with van der Waals surface area (Å²) in [7, 11) is 0. The molecular weight excluding hydrogens is 412 g/mol. The first kappa shape index (κ1) is 30.1. The van der Waals surface area contributed by atoms with Crippen molar-refractivity contribution in [3.63, 3.8) is 0 Å². The van der Waals surface area contributed by atoms with Crippen LogP contribution in [0.4, 0.5) is 0 Å². The lowest BCUT2D eigenvalue weighted by molar-refractivity contribution is -0.132. The van der Waals surface area contributed by atoms with E-state index < -0.39 is 0 Å². The zero-order valence-electron chi connectivity index (χ0n) is 23.7.